The van der Waals surface area contributed by atoms with Crippen molar-refractivity contribution in [3.63, 3.8) is 0 Å². The molecular weight excluding hydrogens is 394 g/mol. The molecule has 0 aliphatic carbocycles. The summed E-state index contributed by atoms with van der Waals surface area (Å²) < 4.78 is 1.36. The van der Waals surface area contributed by atoms with Crippen LogP contribution in [0.5, 0.6) is 0 Å². The molecule has 8 nitrogen and oxygen atoms in total. The quantitative estimate of drug-likeness (QED) is 0.567. The molecule has 1 heterocycles. The van der Waals surface area contributed by atoms with E-state index in [0.29, 0.717) is 13.1 Å². The second-order valence-corrected chi connectivity index (χ2v) is 9.06. The number of nitrogens with two attached hydrogens (primary N) is 1. The van der Waals surface area contributed by atoms with E-state index >= 15 is 0 Å². The number of hydrogen-bond acceptors (Lipinski definition) is 5. The first-order valence-electron chi connectivity index (χ1n) is 10.8. The molecule has 0 saturated heterocycles. The number of hydrogen-bond donors (Lipinski definition) is 3. The Balaban J connectivity index is 2.40. The first-order valence-corrected chi connectivity index (χ1v) is 10.8. The van der Waals surface area contributed by atoms with Crippen LogP contribution in [0.15, 0.2) is 33.9 Å². The third kappa shape index (κ3) is 6.23. The number of aromatic amines is 1. The van der Waals surface area contributed by atoms with Crippen LogP contribution in [-0.2, 0) is 11.3 Å². The topological polar surface area (TPSA) is 113 Å². The summed E-state index contributed by atoms with van der Waals surface area (Å²) in [6, 6.07) is 7.66. The average Bonchev–Trinajstić information content (AvgIpc) is 2.64. The summed E-state index contributed by atoms with van der Waals surface area (Å²) in [7, 11) is 0. The standard InChI is InChI=1S/C23H35N5O3/c1-14(2)11-27(13-19(29)25-18-10-8-7-9-17(18)16(5)6)20-21(24)28(12-15(3)4)23(31)26-22(20)30/h7-10,14-16H,11-13,24H2,1-6H3,(H,25,29)(H,26,30,31). The number of para-hydroxylation sites is 1. The number of H-pyrrole nitrogens is 1. The van der Waals surface area contributed by atoms with E-state index in [-0.39, 0.29) is 41.7 Å². The van der Waals surface area contributed by atoms with Crippen LogP contribution >= 0.6 is 0 Å². The van der Waals surface area contributed by atoms with Crippen molar-refractivity contribution in [3.8, 4) is 0 Å². The Bertz CT molecular complexity index is 1020. The van der Waals surface area contributed by atoms with Crippen LogP contribution in [0.3, 0.4) is 0 Å². The fourth-order valence-electron chi connectivity index (χ4n) is 3.58. The number of anilines is 3. The minimum absolute atomic E-state index is 0.0578. The van der Waals surface area contributed by atoms with Gasteiger partial charge in [-0.1, -0.05) is 59.7 Å². The van der Waals surface area contributed by atoms with E-state index in [4.69, 9.17) is 5.73 Å². The van der Waals surface area contributed by atoms with Crippen LogP contribution in [0.1, 0.15) is 53.0 Å². The van der Waals surface area contributed by atoms with Crippen molar-refractivity contribution in [2.24, 2.45) is 11.8 Å². The summed E-state index contributed by atoms with van der Waals surface area (Å²) in [5.41, 5.74) is 7.08. The maximum Gasteiger partial charge on any atom is 0.330 e. The molecule has 31 heavy (non-hydrogen) atoms. The van der Waals surface area contributed by atoms with Gasteiger partial charge in [0.1, 0.15) is 11.5 Å². The summed E-state index contributed by atoms with van der Waals surface area (Å²) in [5.74, 6) is 0.405. The predicted octanol–water partition coefficient (Wildman–Crippen LogP) is 3.00. The fourth-order valence-corrected chi connectivity index (χ4v) is 3.58. The van der Waals surface area contributed by atoms with Crippen molar-refractivity contribution in [2.45, 2.75) is 54.0 Å². The Morgan fingerprint density at radius 1 is 1.10 bits per heavy atom. The molecule has 2 rings (SSSR count). The summed E-state index contributed by atoms with van der Waals surface area (Å²) in [5, 5.41) is 2.96. The minimum atomic E-state index is -0.585. The molecule has 0 saturated carbocycles. The number of nitrogens with one attached hydrogen (secondary N) is 2. The second-order valence-electron chi connectivity index (χ2n) is 9.06. The van der Waals surface area contributed by atoms with Crippen molar-refractivity contribution in [1.29, 1.82) is 0 Å². The van der Waals surface area contributed by atoms with Gasteiger partial charge in [0.25, 0.3) is 5.56 Å². The highest BCUT2D eigenvalue weighted by Crippen LogP contribution is 2.24. The molecule has 1 aromatic heterocycles. The highest BCUT2D eigenvalue weighted by molar-refractivity contribution is 5.95. The van der Waals surface area contributed by atoms with Crippen molar-refractivity contribution in [3.05, 3.63) is 50.7 Å². The Morgan fingerprint density at radius 3 is 2.32 bits per heavy atom. The van der Waals surface area contributed by atoms with Gasteiger partial charge in [-0.15, -0.1) is 0 Å². The Hall–Kier alpha value is -3.03. The van der Waals surface area contributed by atoms with Crippen molar-refractivity contribution in [2.75, 3.05) is 29.0 Å². The summed E-state index contributed by atoms with van der Waals surface area (Å²) >= 11 is 0. The largest absolute Gasteiger partial charge is 0.383 e. The van der Waals surface area contributed by atoms with Gasteiger partial charge in [-0.3, -0.25) is 19.1 Å². The first kappa shape index (κ1) is 24.2. The number of carbonyl (C=O) groups is 1. The molecule has 170 valence electrons. The summed E-state index contributed by atoms with van der Waals surface area (Å²) in [6.45, 7) is 12.8. The molecular formula is C23H35N5O3. The Morgan fingerprint density at radius 2 is 1.74 bits per heavy atom. The SMILES string of the molecule is CC(C)CN(CC(=O)Nc1ccccc1C(C)C)c1c(N)n(CC(C)C)c(=O)[nH]c1=O. The van der Waals surface area contributed by atoms with Gasteiger partial charge >= 0.3 is 5.69 Å². The van der Waals surface area contributed by atoms with Crippen LogP contribution in [0.2, 0.25) is 0 Å². The van der Waals surface area contributed by atoms with E-state index < -0.39 is 11.2 Å². The zero-order valence-corrected chi connectivity index (χ0v) is 19.4. The average molecular weight is 430 g/mol. The van der Waals surface area contributed by atoms with Crippen LogP contribution in [-0.4, -0.2) is 28.5 Å². The van der Waals surface area contributed by atoms with E-state index in [1.54, 1.807) is 4.90 Å². The van der Waals surface area contributed by atoms with E-state index in [1.165, 1.54) is 4.57 Å². The highest BCUT2D eigenvalue weighted by Gasteiger charge is 2.22. The number of carbonyl (C=O) groups excluding carboxylic acids is 1. The molecule has 0 atom stereocenters. The van der Waals surface area contributed by atoms with Gasteiger partial charge in [0, 0.05) is 18.8 Å². The molecule has 0 fully saturated rings. The van der Waals surface area contributed by atoms with Gasteiger partial charge in [0.15, 0.2) is 0 Å². The molecule has 8 heteroatoms. The Kier molecular flexibility index (Phi) is 8.08. The lowest BCUT2D eigenvalue weighted by atomic mass is 10.0. The van der Waals surface area contributed by atoms with Crippen LogP contribution in [0.4, 0.5) is 17.2 Å². The zero-order valence-electron chi connectivity index (χ0n) is 19.4. The van der Waals surface area contributed by atoms with Gasteiger partial charge in [-0.2, -0.15) is 0 Å². The van der Waals surface area contributed by atoms with Crippen molar-refractivity contribution in [1.82, 2.24) is 9.55 Å². The molecule has 1 amide bonds. The van der Waals surface area contributed by atoms with Gasteiger partial charge in [0.05, 0.1) is 6.54 Å². The van der Waals surface area contributed by atoms with E-state index in [0.717, 1.165) is 11.3 Å². The molecule has 0 bridgehead atoms. The lowest BCUT2D eigenvalue weighted by Crippen LogP contribution is -2.43. The van der Waals surface area contributed by atoms with Crippen LogP contribution < -0.4 is 27.2 Å². The monoisotopic (exact) mass is 429 g/mol. The molecule has 0 spiro atoms. The van der Waals surface area contributed by atoms with Gasteiger partial charge in [-0.05, 0) is 29.4 Å². The Labute approximate surface area is 183 Å². The molecule has 4 N–H and O–H groups in total. The van der Waals surface area contributed by atoms with E-state index in [9.17, 15) is 14.4 Å². The normalized spacial score (nSPS) is 11.4. The molecule has 0 unspecified atom stereocenters. The molecule has 0 aliphatic rings. The number of rotatable bonds is 9. The number of amides is 1. The number of nitrogen functional groups attached to an aromatic ring is 1. The van der Waals surface area contributed by atoms with Gasteiger partial charge in [-0.25, -0.2) is 4.79 Å². The second kappa shape index (κ2) is 10.3. The molecule has 1 aromatic carbocycles. The first-order chi connectivity index (χ1) is 14.5. The fraction of sp³-hybridized carbons (Fsp3) is 0.522. The smallest absolute Gasteiger partial charge is 0.330 e. The summed E-state index contributed by atoms with van der Waals surface area (Å²) in [6.07, 6.45) is 0. The number of nitrogens with zero attached hydrogens (tertiary/aromatic N) is 2. The minimum Gasteiger partial charge on any atom is -0.383 e. The van der Waals surface area contributed by atoms with Crippen LogP contribution in [0, 0.1) is 11.8 Å². The van der Waals surface area contributed by atoms with Crippen LogP contribution in [0.25, 0.3) is 0 Å². The molecule has 0 aliphatic heterocycles. The lowest BCUT2D eigenvalue weighted by Gasteiger charge is -2.27. The predicted molar refractivity (Wildman–Crippen MR) is 127 cm³/mol. The lowest BCUT2D eigenvalue weighted by molar-refractivity contribution is -0.115. The third-order valence-corrected chi connectivity index (χ3v) is 4.85. The number of aromatic nitrogens is 2. The highest BCUT2D eigenvalue weighted by atomic mass is 16.2. The van der Waals surface area contributed by atoms with Gasteiger partial charge < -0.3 is 16.0 Å². The van der Waals surface area contributed by atoms with Crippen molar-refractivity contribution < 1.29 is 4.79 Å². The summed E-state index contributed by atoms with van der Waals surface area (Å²) in [4.78, 5) is 41.9. The zero-order chi connectivity index (χ0) is 23.3. The maximum absolute atomic E-state index is 12.9. The maximum atomic E-state index is 12.9. The molecule has 0 radical (unpaired) electrons. The van der Waals surface area contributed by atoms with E-state index in [1.807, 2.05) is 52.0 Å². The third-order valence-electron chi connectivity index (χ3n) is 4.85. The number of benzene rings is 1. The van der Waals surface area contributed by atoms with Crippen molar-refractivity contribution >= 4 is 23.1 Å². The molecule has 2 aromatic rings. The van der Waals surface area contributed by atoms with Gasteiger partial charge in [0.2, 0.25) is 5.91 Å². The van der Waals surface area contributed by atoms with E-state index in [2.05, 4.69) is 24.1 Å².